The normalized spacial score (nSPS) is 28.7. The highest BCUT2D eigenvalue weighted by Gasteiger charge is 2.57. The molecule has 2 fully saturated rings. The number of phenolic OH excluding ortho intramolecular Hbond substituents is 1. The zero-order valence-electron chi connectivity index (χ0n) is 16.5. The number of aromatic hydroxyl groups is 1. The molecule has 154 valence electrons. The summed E-state index contributed by atoms with van der Waals surface area (Å²) in [7, 11) is -1.12. The van der Waals surface area contributed by atoms with E-state index in [1.807, 2.05) is 30.5 Å². The maximum Gasteiger partial charge on any atom is 0.487 e. The summed E-state index contributed by atoms with van der Waals surface area (Å²) in [6.07, 6.45) is 0.501. The number of amides is 2. The molecule has 2 aliphatic heterocycles. The molecule has 0 saturated carbocycles. The predicted octanol–water partition coefficient (Wildman–Crippen LogP) is 3.07. The molecule has 1 aromatic heterocycles. The molecule has 0 bridgehead atoms. The van der Waals surface area contributed by atoms with Crippen LogP contribution in [0.4, 0.5) is 0 Å². The molecule has 2 amide bonds. The molecule has 1 aromatic carbocycles. The van der Waals surface area contributed by atoms with Gasteiger partial charge < -0.3 is 14.8 Å². The largest absolute Gasteiger partial charge is 0.508 e. The van der Waals surface area contributed by atoms with Gasteiger partial charge >= 0.3 is 7.12 Å². The van der Waals surface area contributed by atoms with Crippen molar-refractivity contribution in [3.8, 4) is 5.75 Å². The van der Waals surface area contributed by atoms with Crippen molar-refractivity contribution in [2.45, 2.75) is 32.4 Å². The average molecular weight is 423 g/mol. The monoisotopic (exact) mass is 423 g/mol. The Hall–Kier alpha value is -2.42. The van der Waals surface area contributed by atoms with Crippen molar-refractivity contribution in [2.75, 3.05) is 0 Å². The quantitative estimate of drug-likeness (QED) is 0.586. The molecule has 4 atom stereocenters. The Labute approximate surface area is 178 Å². The van der Waals surface area contributed by atoms with Crippen LogP contribution in [-0.2, 0) is 20.8 Å². The van der Waals surface area contributed by atoms with Gasteiger partial charge in [-0.3, -0.25) is 14.5 Å². The molecule has 3 heterocycles. The summed E-state index contributed by atoms with van der Waals surface area (Å²) < 4.78 is 5.87. The van der Waals surface area contributed by atoms with Gasteiger partial charge in [0.05, 0.1) is 24.5 Å². The van der Waals surface area contributed by atoms with Crippen molar-refractivity contribution in [1.29, 1.82) is 0 Å². The second-order valence-corrected chi connectivity index (χ2v) is 9.36. The van der Waals surface area contributed by atoms with E-state index in [4.69, 9.17) is 4.65 Å². The summed E-state index contributed by atoms with van der Waals surface area (Å²) in [6.45, 7) is 2.22. The second kappa shape index (κ2) is 7.37. The van der Waals surface area contributed by atoms with Gasteiger partial charge in [0, 0.05) is 4.88 Å². The lowest BCUT2D eigenvalue weighted by atomic mass is 9.55. The smallest absolute Gasteiger partial charge is 0.487 e. The van der Waals surface area contributed by atoms with Gasteiger partial charge in [-0.15, -0.1) is 11.3 Å². The highest BCUT2D eigenvalue weighted by atomic mass is 32.1. The third-order valence-corrected chi connectivity index (χ3v) is 7.44. The van der Waals surface area contributed by atoms with Crippen LogP contribution in [0.5, 0.6) is 5.75 Å². The standard InChI is InChI=1S/C22H22BNO5S/c1-12-8-17-19(22(27)24(21(17)26)11-15-6-3-7-30-15)16-10-18(29-23(28)20(12)16)13-4-2-5-14(25)9-13/h2-7,9,16-19,25,28H,8,10-11H2,1H3/t16-,17-,18-,19+/m0/s1. The minimum Gasteiger partial charge on any atom is -0.508 e. The van der Waals surface area contributed by atoms with Crippen LogP contribution in [0, 0.1) is 17.8 Å². The minimum absolute atomic E-state index is 0.119. The highest BCUT2D eigenvalue weighted by Crippen LogP contribution is 2.51. The average Bonchev–Trinajstić information content (AvgIpc) is 3.31. The Balaban J connectivity index is 1.48. The van der Waals surface area contributed by atoms with E-state index < -0.39 is 19.1 Å². The van der Waals surface area contributed by atoms with Crippen LogP contribution >= 0.6 is 11.3 Å². The number of hydrogen-bond acceptors (Lipinski definition) is 6. The number of nitrogens with zero attached hydrogens (tertiary/aromatic N) is 1. The first kappa shape index (κ1) is 19.5. The number of fused-ring (bicyclic) bond motifs is 3. The summed E-state index contributed by atoms with van der Waals surface area (Å²) in [4.78, 5) is 28.9. The summed E-state index contributed by atoms with van der Waals surface area (Å²) in [5.41, 5.74) is 2.43. The number of phenols is 1. The van der Waals surface area contributed by atoms with Gasteiger partial charge in [0.15, 0.2) is 0 Å². The van der Waals surface area contributed by atoms with Crippen molar-refractivity contribution >= 4 is 30.3 Å². The molecule has 0 radical (unpaired) electrons. The van der Waals surface area contributed by atoms with E-state index in [-0.39, 0.29) is 29.4 Å². The van der Waals surface area contributed by atoms with Crippen LogP contribution in [-0.4, -0.2) is 34.0 Å². The molecule has 0 unspecified atom stereocenters. The number of imide groups is 1. The third kappa shape index (κ3) is 3.10. The van der Waals surface area contributed by atoms with Gasteiger partial charge in [-0.1, -0.05) is 23.8 Å². The molecule has 30 heavy (non-hydrogen) atoms. The number of hydrogen-bond donors (Lipinski definition) is 2. The molecule has 2 aromatic rings. The van der Waals surface area contributed by atoms with Gasteiger partial charge in [0.2, 0.25) is 11.8 Å². The Morgan fingerprint density at radius 3 is 2.77 bits per heavy atom. The second-order valence-electron chi connectivity index (χ2n) is 8.33. The molecule has 8 heteroatoms. The molecular weight excluding hydrogens is 401 g/mol. The van der Waals surface area contributed by atoms with Crippen LogP contribution < -0.4 is 0 Å². The Morgan fingerprint density at radius 2 is 2.03 bits per heavy atom. The van der Waals surface area contributed by atoms with Gasteiger partial charge in [0.25, 0.3) is 0 Å². The zero-order chi connectivity index (χ0) is 21.0. The number of likely N-dealkylation sites (tertiary alicyclic amines) is 1. The SMILES string of the molecule is CC1=C2B(O)O[C@H](c3cccc(O)c3)C[C@H]2[C@H]2C(=O)N(Cc3cccs3)C(=O)[C@H]2C1. The number of benzene rings is 1. The molecule has 6 nitrogen and oxygen atoms in total. The van der Waals surface area contributed by atoms with Crippen molar-refractivity contribution in [3.05, 3.63) is 63.3 Å². The van der Waals surface area contributed by atoms with Gasteiger partial charge in [-0.2, -0.15) is 0 Å². The van der Waals surface area contributed by atoms with Crippen LogP contribution in [0.2, 0.25) is 0 Å². The summed E-state index contributed by atoms with van der Waals surface area (Å²) in [5.74, 6) is -1.27. The number of allylic oxidation sites excluding steroid dienone is 2. The van der Waals surface area contributed by atoms with E-state index in [0.29, 0.717) is 19.4 Å². The fraction of sp³-hybridized carbons (Fsp3) is 0.364. The van der Waals surface area contributed by atoms with Crippen LogP contribution in [0.25, 0.3) is 0 Å². The van der Waals surface area contributed by atoms with Crippen molar-refractivity contribution in [1.82, 2.24) is 4.90 Å². The van der Waals surface area contributed by atoms with Crippen LogP contribution in [0.15, 0.2) is 52.8 Å². The van der Waals surface area contributed by atoms with E-state index in [1.165, 1.54) is 16.2 Å². The van der Waals surface area contributed by atoms with Crippen LogP contribution in [0.1, 0.15) is 36.3 Å². The number of carbonyl (C=O) groups is 2. The molecule has 3 aliphatic rings. The molecule has 0 spiro atoms. The van der Waals surface area contributed by atoms with E-state index in [9.17, 15) is 19.7 Å². The highest BCUT2D eigenvalue weighted by molar-refractivity contribution is 7.09. The van der Waals surface area contributed by atoms with Crippen molar-refractivity contribution < 1.29 is 24.4 Å². The first-order valence-corrected chi connectivity index (χ1v) is 11.0. The van der Waals surface area contributed by atoms with E-state index >= 15 is 0 Å². The maximum atomic E-state index is 13.4. The number of carbonyl (C=O) groups excluding carboxylic acids is 2. The zero-order valence-corrected chi connectivity index (χ0v) is 17.3. The third-order valence-electron chi connectivity index (χ3n) is 6.58. The Morgan fingerprint density at radius 1 is 1.20 bits per heavy atom. The molecular formula is C22H22BNO5S. The molecule has 2 saturated heterocycles. The fourth-order valence-corrected chi connectivity index (χ4v) is 5.97. The predicted molar refractivity (Wildman–Crippen MR) is 112 cm³/mol. The van der Waals surface area contributed by atoms with Crippen molar-refractivity contribution in [3.63, 3.8) is 0 Å². The van der Waals surface area contributed by atoms with Gasteiger partial charge in [-0.05, 0) is 60.3 Å². The Kier molecular flexibility index (Phi) is 4.80. The lowest BCUT2D eigenvalue weighted by Crippen LogP contribution is -2.44. The van der Waals surface area contributed by atoms with Gasteiger partial charge in [-0.25, -0.2) is 0 Å². The topological polar surface area (TPSA) is 87.1 Å². The first-order chi connectivity index (χ1) is 14.4. The lowest BCUT2D eigenvalue weighted by molar-refractivity contribution is -0.140. The summed E-state index contributed by atoms with van der Waals surface area (Å²) in [5, 5.41) is 22.5. The molecule has 2 N–H and O–H groups in total. The molecule has 1 aliphatic carbocycles. The lowest BCUT2D eigenvalue weighted by Gasteiger charge is -2.41. The van der Waals surface area contributed by atoms with E-state index in [0.717, 1.165) is 21.5 Å². The van der Waals surface area contributed by atoms with E-state index in [2.05, 4.69) is 0 Å². The fourth-order valence-electron chi connectivity index (χ4n) is 5.28. The Bertz CT molecular complexity index is 1040. The first-order valence-electron chi connectivity index (χ1n) is 10.1. The summed E-state index contributed by atoms with van der Waals surface area (Å²) >= 11 is 1.53. The molecule has 5 rings (SSSR count). The minimum atomic E-state index is -1.12. The van der Waals surface area contributed by atoms with Crippen LogP contribution in [0.3, 0.4) is 0 Å². The number of rotatable bonds is 3. The van der Waals surface area contributed by atoms with E-state index in [1.54, 1.807) is 18.2 Å². The van der Waals surface area contributed by atoms with Crippen molar-refractivity contribution in [2.24, 2.45) is 17.8 Å². The summed E-state index contributed by atoms with van der Waals surface area (Å²) in [6, 6.07) is 10.6. The maximum absolute atomic E-state index is 13.4. The van der Waals surface area contributed by atoms with Gasteiger partial charge in [0.1, 0.15) is 5.75 Å². The number of thiophene rings is 1.